The largest absolute Gasteiger partial charge is 0.495 e. The van der Waals surface area contributed by atoms with E-state index in [0.29, 0.717) is 13.1 Å². The number of rotatable bonds is 10. The van der Waals surface area contributed by atoms with Crippen molar-refractivity contribution in [1.82, 2.24) is 14.5 Å². The molecule has 1 aliphatic rings. The summed E-state index contributed by atoms with van der Waals surface area (Å²) in [5.41, 5.74) is 2.83. The quantitative estimate of drug-likeness (QED) is 0.430. The Kier molecular flexibility index (Phi) is 9.33. The predicted octanol–water partition coefficient (Wildman–Crippen LogP) is 3.75. The van der Waals surface area contributed by atoms with Crippen LogP contribution in [0.5, 0.6) is 5.75 Å². The number of methoxy groups -OCH3 is 1. The lowest BCUT2D eigenvalue weighted by Crippen LogP contribution is -2.55. The van der Waals surface area contributed by atoms with Gasteiger partial charge in [0.2, 0.25) is 15.9 Å². The van der Waals surface area contributed by atoms with Crippen molar-refractivity contribution in [2.45, 2.75) is 24.3 Å². The van der Waals surface area contributed by atoms with Gasteiger partial charge in [-0.05, 0) is 42.2 Å². The second-order valence-corrected chi connectivity index (χ2v) is 11.1. The maximum absolute atomic E-state index is 13.7. The lowest BCUT2D eigenvalue weighted by Gasteiger charge is -2.36. The van der Waals surface area contributed by atoms with E-state index in [1.165, 1.54) is 7.11 Å². The number of sulfonamides is 1. The van der Waals surface area contributed by atoms with E-state index < -0.39 is 16.1 Å². The SMILES string of the molecule is COc1ccc(C)cc1S(=O)(=O)N[C@H](Cc1ccccc1)C(=O)N1CCN(C/C=C/c2ccccc2)CC1. The Morgan fingerprint density at radius 2 is 1.63 bits per heavy atom. The number of hydrogen-bond acceptors (Lipinski definition) is 5. The Labute approximate surface area is 225 Å². The molecule has 8 heteroatoms. The average Bonchev–Trinajstić information content (AvgIpc) is 2.94. The number of benzene rings is 3. The molecule has 0 saturated carbocycles. The first-order chi connectivity index (χ1) is 18.4. The van der Waals surface area contributed by atoms with Gasteiger partial charge < -0.3 is 9.64 Å². The molecule has 4 rings (SSSR count). The third-order valence-corrected chi connectivity index (χ3v) is 8.14. The summed E-state index contributed by atoms with van der Waals surface area (Å²) in [6.07, 6.45) is 4.49. The van der Waals surface area contributed by atoms with E-state index in [1.54, 1.807) is 23.1 Å². The van der Waals surface area contributed by atoms with Gasteiger partial charge in [0.25, 0.3) is 0 Å². The van der Waals surface area contributed by atoms with Gasteiger partial charge in [-0.15, -0.1) is 0 Å². The van der Waals surface area contributed by atoms with E-state index in [0.717, 1.165) is 36.3 Å². The van der Waals surface area contributed by atoms with Gasteiger partial charge in [-0.3, -0.25) is 9.69 Å². The van der Waals surface area contributed by atoms with Crippen LogP contribution >= 0.6 is 0 Å². The van der Waals surface area contributed by atoms with Gasteiger partial charge in [-0.1, -0.05) is 78.9 Å². The van der Waals surface area contributed by atoms with E-state index >= 15 is 0 Å². The van der Waals surface area contributed by atoms with Crippen molar-refractivity contribution in [1.29, 1.82) is 0 Å². The van der Waals surface area contributed by atoms with E-state index in [2.05, 4.69) is 33.9 Å². The average molecular weight is 534 g/mol. The molecule has 0 bridgehead atoms. The van der Waals surface area contributed by atoms with Crippen LogP contribution in [0.2, 0.25) is 0 Å². The van der Waals surface area contributed by atoms with Crippen LogP contribution in [0.1, 0.15) is 16.7 Å². The Hall–Kier alpha value is -3.46. The summed E-state index contributed by atoms with van der Waals surface area (Å²) >= 11 is 0. The van der Waals surface area contributed by atoms with Crippen LogP contribution in [0, 0.1) is 6.92 Å². The van der Waals surface area contributed by atoms with Crippen molar-refractivity contribution in [3.05, 3.63) is 102 Å². The number of nitrogens with one attached hydrogen (secondary N) is 1. The summed E-state index contributed by atoms with van der Waals surface area (Å²) in [7, 11) is -2.58. The predicted molar refractivity (Wildman–Crippen MR) is 150 cm³/mol. The summed E-state index contributed by atoms with van der Waals surface area (Å²) in [6.45, 7) is 5.14. The van der Waals surface area contributed by atoms with E-state index in [4.69, 9.17) is 4.74 Å². The Bertz CT molecular complexity index is 1340. The van der Waals surface area contributed by atoms with E-state index in [1.807, 2.05) is 55.5 Å². The van der Waals surface area contributed by atoms with Crippen molar-refractivity contribution in [3.8, 4) is 5.75 Å². The molecular weight excluding hydrogens is 498 g/mol. The van der Waals surface area contributed by atoms with Gasteiger partial charge >= 0.3 is 0 Å². The van der Waals surface area contributed by atoms with Crippen LogP contribution in [-0.2, 0) is 21.2 Å². The minimum absolute atomic E-state index is 0.0286. The van der Waals surface area contributed by atoms with Gasteiger partial charge in [0, 0.05) is 32.7 Å². The summed E-state index contributed by atoms with van der Waals surface area (Å²) in [4.78, 5) is 17.8. The molecule has 1 aliphatic heterocycles. The molecule has 0 unspecified atom stereocenters. The zero-order valence-electron chi connectivity index (χ0n) is 21.9. The molecule has 7 nitrogen and oxygen atoms in total. The lowest BCUT2D eigenvalue weighted by molar-refractivity contribution is -0.134. The molecule has 1 fully saturated rings. The fourth-order valence-electron chi connectivity index (χ4n) is 4.55. The molecule has 3 aromatic carbocycles. The molecule has 1 amide bonds. The molecule has 1 N–H and O–H groups in total. The van der Waals surface area contributed by atoms with Crippen molar-refractivity contribution in [2.75, 3.05) is 39.8 Å². The van der Waals surface area contributed by atoms with Crippen LogP contribution in [0.3, 0.4) is 0 Å². The van der Waals surface area contributed by atoms with Crippen LogP contribution in [0.25, 0.3) is 6.08 Å². The van der Waals surface area contributed by atoms with Crippen molar-refractivity contribution >= 4 is 22.0 Å². The number of hydrogen-bond donors (Lipinski definition) is 1. The van der Waals surface area contributed by atoms with Crippen LogP contribution in [-0.4, -0.2) is 70.0 Å². The minimum Gasteiger partial charge on any atom is -0.495 e. The summed E-state index contributed by atoms with van der Waals surface area (Å²) < 4.78 is 34.9. The monoisotopic (exact) mass is 533 g/mol. The second-order valence-electron chi connectivity index (χ2n) is 9.46. The molecule has 38 heavy (non-hydrogen) atoms. The van der Waals surface area contributed by atoms with Gasteiger partial charge in [0.1, 0.15) is 16.7 Å². The maximum Gasteiger partial charge on any atom is 0.244 e. The molecule has 0 aromatic heterocycles. The van der Waals surface area contributed by atoms with Crippen LogP contribution < -0.4 is 9.46 Å². The van der Waals surface area contributed by atoms with Crippen molar-refractivity contribution < 1.29 is 17.9 Å². The molecule has 1 heterocycles. The molecular formula is C30H35N3O4S. The highest BCUT2D eigenvalue weighted by atomic mass is 32.2. The molecule has 1 saturated heterocycles. The summed E-state index contributed by atoms with van der Waals surface area (Å²) in [5.74, 6) is 0.0229. The highest BCUT2D eigenvalue weighted by Gasteiger charge is 2.32. The van der Waals surface area contributed by atoms with Gasteiger partial charge in [-0.2, -0.15) is 4.72 Å². The molecule has 1 atom stereocenters. The maximum atomic E-state index is 13.7. The first-order valence-corrected chi connectivity index (χ1v) is 14.3. The van der Waals surface area contributed by atoms with Gasteiger partial charge in [0.05, 0.1) is 7.11 Å². The van der Waals surface area contributed by atoms with Gasteiger partial charge in [0.15, 0.2) is 0 Å². The molecule has 0 spiro atoms. The number of carbonyl (C=O) groups is 1. The Morgan fingerprint density at radius 1 is 0.974 bits per heavy atom. The summed E-state index contributed by atoms with van der Waals surface area (Å²) in [5, 5.41) is 0. The standard InChI is InChI=1S/C30H35N3O4S/c1-24-15-16-28(37-2)29(22-24)38(35,36)31-27(23-26-12-7-4-8-13-26)30(34)33-20-18-32(19-21-33)17-9-14-25-10-5-3-6-11-25/h3-16,22,27,31H,17-21,23H2,1-2H3/b14-9+/t27-/m1/s1. The van der Waals surface area contributed by atoms with E-state index in [-0.39, 0.29) is 23.0 Å². The smallest absolute Gasteiger partial charge is 0.244 e. The minimum atomic E-state index is -4.02. The zero-order chi connectivity index (χ0) is 27.0. The summed E-state index contributed by atoms with van der Waals surface area (Å²) in [6, 6.07) is 23.7. The van der Waals surface area contributed by atoms with Crippen LogP contribution in [0.4, 0.5) is 0 Å². The first-order valence-electron chi connectivity index (χ1n) is 12.8. The highest BCUT2D eigenvalue weighted by molar-refractivity contribution is 7.89. The first kappa shape index (κ1) is 27.6. The van der Waals surface area contributed by atoms with E-state index in [9.17, 15) is 13.2 Å². The number of amides is 1. The van der Waals surface area contributed by atoms with Crippen molar-refractivity contribution in [2.24, 2.45) is 0 Å². The Balaban J connectivity index is 1.45. The number of ether oxygens (including phenoxy) is 1. The highest BCUT2D eigenvalue weighted by Crippen LogP contribution is 2.25. The number of carbonyl (C=O) groups excluding carboxylic acids is 1. The molecule has 0 radical (unpaired) electrons. The molecule has 0 aliphatic carbocycles. The number of aryl methyl sites for hydroxylation is 1. The van der Waals surface area contributed by atoms with Crippen LogP contribution in [0.15, 0.2) is 89.8 Å². The zero-order valence-corrected chi connectivity index (χ0v) is 22.7. The molecule has 200 valence electrons. The normalized spacial score (nSPS) is 15.5. The molecule has 3 aromatic rings. The fraction of sp³-hybridized carbons (Fsp3) is 0.300. The number of nitrogens with zero attached hydrogens (tertiary/aromatic N) is 2. The third kappa shape index (κ3) is 7.31. The van der Waals surface area contributed by atoms with Gasteiger partial charge in [-0.25, -0.2) is 8.42 Å². The second kappa shape index (κ2) is 12.9. The topological polar surface area (TPSA) is 78.9 Å². The number of piperazine rings is 1. The fourth-order valence-corrected chi connectivity index (χ4v) is 5.99. The lowest BCUT2D eigenvalue weighted by atomic mass is 10.1. The van der Waals surface area contributed by atoms with Crippen molar-refractivity contribution in [3.63, 3.8) is 0 Å². The third-order valence-electron chi connectivity index (χ3n) is 6.64. The Morgan fingerprint density at radius 3 is 2.29 bits per heavy atom.